The lowest BCUT2D eigenvalue weighted by molar-refractivity contribution is -0.142. The second kappa shape index (κ2) is 3.58. The Morgan fingerprint density at radius 2 is 2.17 bits per heavy atom. The Morgan fingerprint density at radius 3 is 2.50 bits per heavy atom. The molecule has 0 aromatic heterocycles. The predicted molar refractivity (Wildman–Crippen MR) is 49.3 cm³/mol. The molecule has 0 bridgehead atoms. The maximum atomic E-state index is 11.1. The number of halogens is 2. The van der Waals surface area contributed by atoms with Gasteiger partial charge in [0.25, 0.3) is 0 Å². The third-order valence-electron chi connectivity index (χ3n) is 1.61. The van der Waals surface area contributed by atoms with E-state index in [0.29, 0.717) is 16.2 Å². The number of esters is 1. The Kier molecular flexibility index (Phi) is 2.91. The Morgan fingerprint density at radius 1 is 1.58 bits per heavy atom. The summed E-state index contributed by atoms with van der Waals surface area (Å²) < 4.78 is 5.24. The summed E-state index contributed by atoms with van der Waals surface area (Å²) in [5.41, 5.74) is -0.855. The summed E-state index contributed by atoms with van der Waals surface area (Å²) in [5.74, 6) is -0.471. The van der Waals surface area contributed by atoms with E-state index in [1.807, 2.05) is 6.07 Å². The first-order valence-corrected chi connectivity index (χ1v) is 4.83. The molecule has 1 aliphatic carbocycles. The lowest BCUT2D eigenvalue weighted by Crippen LogP contribution is -2.14. The number of carbonyl (C=O) groups is 1. The van der Waals surface area contributed by atoms with Gasteiger partial charge in [0.05, 0.1) is 9.46 Å². The zero-order valence-electron chi connectivity index (χ0n) is 6.01. The molecule has 0 radical (unpaired) electrons. The minimum absolute atomic E-state index is 0.471. The van der Waals surface area contributed by atoms with Crippen LogP contribution in [0.1, 0.15) is 12.8 Å². The summed E-state index contributed by atoms with van der Waals surface area (Å²) in [6.07, 6.45) is 2.44. The van der Waals surface area contributed by atoms with Crippen molar-refractivity contribution in [2.45, 2.75) is 12.8 Å². The molecule has 0 heterocycles. The van der Waals surface area contributed by atoms with Crippen LogP contribution in [0.15, 0.2) is 9.65 Å². The van der Waals surface area contributed by atoms with E-state index >= 15 is 0 Å². The van der Waals surface area contributed by atoms with Gasteiger partial charge in [-0.2, -0.15) is 5.26 Å². The van der Waals surface area contributed by atoms with Crippen molar-refractivity contribution in [3.05, 3.63) is 9.65 Å². The van der Waals surface area contributed by atoms with Crippen molar-refractivity contribution in [1.82, 2.24) is 0 Å². The van der Waals surface area contributed by atoms with Crippen LogP contribution in [-0.2, 0) is 9.53 Å². The van der Waals surface area contributed by atoms with E-state index in [2.05, 4.69) is 31.9 Å². The van der Waals surface area contributed by atoms with Crippen LogP contribution in [0.5, 0.6) is 0 Å². The van der Waals surface area contributed by atoms with Crippen LogP contribution in [0.4, 0.5) is 0 Å². The molecule has 0 amide bonds. The average Bonchev–Trinajstić information content (AvgIpc) is 2.80. The van der Waals surface area contributed by atoms with Crippen LogP contribution in [0.3, 0.4) is 0 Å². The maximum absolute atomic E-state index is 11.1. The third kappa shape index (κ3) is 2.08. The smallest absolute Gasteiger partial charge is 0.331 e. The van der Waals surface area contributed by atoms with Gasteiger partial charge in [-0.15, -0.1) is 0 Å². The Hall–Kier alpha value is -0.340. The quantitative estimate of drug-likeness (QED) is 0.580. The third-order valence-corrected chi connectivity index (χ3v) is 1.98. The number of rotatable bonds is 2. The molecular weight excluding hydrogens is 290 g/mol. The largest absolute Gasteiger partial charge is 0.432 e. The number of hydrogen-bond donors (Lipinski definition) is 0. The van der Waals surface area contributed by atoms with Gasteiger partial charge in [0.1, 0.15) is 6.26 Å². The van der Waals surface area contributed by atoms with Gasteiger partial charge < -0.3 is 4.74 Å². The van der Waals surface area contributed by atoms with Crippen LogP contribution in [0.25, 0.3) is 0 Å². The summed E-state index contributed by atoms with van der Waals surface area (Å²) in [6, 6.07) is 1.94. The Balaban J connectivity index is 2.51. The van der Waals surface area contributed by atoms with E-state index < -0.39 is 11.4 Å². The molecule has 64 valence electrons. The van der Waals surface area contributed by atoms with E-state index in [4.69, 9.17) is 10.00 Å². The molecule has 0 aromatic rings. The van der Waals surface area contributed by atoms with Gasteiger partial charge in [-0.3, -0.25) is 0 Å². The van der Waals surface area contributed by atoms with Gasteiger partial charge in [0, 0.05) is 0 Å². The van der Waals surface area contributed by atoms with Crippen LogP contribution >= 0.6 is 31.9 Å². The van der Waals surface area contributed by atoms with Crippen molar-refractivity contribution < 1.29 is 9.53 Å². The molecule has 1 rings (SSSR count). The van der Waals surface area contributed by atoms with Crippen LogP contribution < -0.4 is 0 Å². The second-order valence-electron chi connectivity index (χ2n) is 2.51. The topological polar surface area (TPSA) is 50.1 Å². The summed E-state index contributed by atoms with van der Waals surface area (Å²) in [4.78, 5) is 11.1. The molecule has 1 fully saturated rings. The SMILES string of the molecule is N#CC1(C(=O)OC=C(Br)Br)CC1. The van der Waals surface area contributed by atoms with E-state index in [1.165, 1.54) is 6.26 Å². The molecule has 0 atom stereocenters. The lowest BCUT2D eigenvalue weighted by Gasteiger charge is -2.01. The first-order chi connectivity index (χ1) is 5.60. The fourth-order valence-electron chi connectivity index (χ4n) is 0.697. The molecule has 0 unspecified atom stereocenters. The summed E-state index contributed by atoms with van der Waals surface area (Å²) in [6.45, 7) is 0. The van der Waals surface area contributed by atoms with Crippen LogP contribution in [0.2, 0.25) is 0 Å². The van der Waals surface area contributed by atoms with Gasteiger partial charge in [0.2, 0.25) is 0 Å². The van der Waals surface area contributed by atoms with Crippen molar-refractivity contribution in [1.29, 1.82) is 5.26 Å². The number of nitriles is 1. The Bertz CT molecular complexity index is 272. The highest BCUT2D eigenvalue weighted by molar-refractivity contribution is 9.28. The highest BCUT2D eigenvalue weighted by atomic mass is 79.9. The second-order valence-corrected chi connectivity index (χ2v) is 5.28. The van der Waals surface area contributed by atoms with Crippen molar-refractivity contribution >= 4 is 37.8 Å². The fourth-order valence-corrected chi connectivity index (χ4v) is 0.884. The average molecular weight is 295 g/mol. The fraction of sp³-hybridized carbons (Fsp3) is 0.429. The predicted octanol–water partition coefficient (Wildman–Crippen LogP) is 2.42. The standard InChI is InChI=1S/C7H5Br2NO2/c8-5(9)3-12-6(11)7(4-10)1-2-7/h3H,1-2H2. The van der Waals surface area contributed by atoms with Crippen LogP contribution in [0, 0.1) is 16.7 Å². The zero-order valence-corrected chi connectivity index (χ0v) is 9.18. The molecule has 0 aromatic carbocycles. The molecule has 0 saturated heterocycles. The summed E-state index contributed by atoms with van der Waals surface area (Å²) >= 11 is 6.06. The van der Waals surface area contributed by atoms with E-state index in [0.717, 1.165) is 0 Å². The molecule has 12 heavy (non-hydrogen) atoms. The van der Waals surface area contributed by atoms with Gasteiger partial charge >= 0.3 is 5.97 Å². The normalized spacial score (nSPS) is 17.4. The van der Waals surface area contributed by atoms with Crippen LogP contribution in [-0.4, -0.2) is 5.97 Å². The number of ether oxygens (including phenoxy) is 1. The molecule has 1 saturated carbocycles. The molecule has 0 N–H and O–H groups in total. The first-order valence-electron chi connectivity index (χ1n) is 3.24. The molecule has 0 aliphatic heterocycles. The monoisotopic (exact) mass is 293 g/mol. The highest BCUT2D eigenvalue weighted by Gasteiger charge is 2.52. The van der Waals surface area contributed by atoms with Crippen molar-refractivity contribution in [3.63, 3.8) is 0 Å². The Labute approximate surface area is 86.6 Å². The van der Waals surface area contributed by atoms with E-state index in [9.17, 15) is 4.79 Å². The molecule has 1 aliphatic rings. The molecule has 5 heteroatoms. The minimum atomic E-state index is -0.855. The van der Waals surface area contributed by atoms with Crippen molar-refractivity contribution in [2.24, 2.45) is 5.41 Å². The van der Waals surface area contributed by atoms with Crippen molar-refractivity contribution in [3.8, 4) is 6.07 Å². The summed E-state index contributed by atoms with van der Waals surface area (Å²) in [5, 5.41) is 8.60. The number of carbonyl (C=O) groups excluding carboxylic acids is 1. The zero-order chi connectivity index (χ0) is 9.19. The first kappa shape index (κ1) is 9.75. The number of nitrogens with zero attached hydrogens (tertiary/aromatic N) is 1. The lowest BCUT2D eigenvalue weighted by atomic mass is 10.1. The molecule has 3 nitrogen and oxygen atoms in total. The van der Waals surface area contributed by atoms with Gasteiger partial charge in [-0.1, -0.05) is 0 Å². The highest BCUT2D eigenvalue weighted by Crippen LogP contribution is 2.46. The van der Waals surface area contributed by atoms with Gasteiger partial charge in [-0.25, -0.2) is 4.79 Å². The summed E-state index contributed by atoms with van der Waals surface area (Å²) in [7, 11) is 0. The molecule has 0 spiro atoms. The van der Waals surface area contributed by atoms with Crippen molar-refractivity contribution in [2.75, 3.05) is 0 Å². The van der Waals surface area contributed by atoms with Gasteiger partial charge in [0.15, 0.2) is 5.41 Å². The van der Waals surface area contributed by atoms with E-state index in [-0.39, 0.29) is 0 Å². The van der Waals surface area contributed by atoms with E-state index in [1.54, 1.807) is 0 Å². The minimum Gasteiger partial charge on any atom is -0.432 e. The molecular formula is C7H5Br2NO2. The van der Waals surface area contributed by atoms with Gasteiger partial charge in [-0.05, 0) is 44.7 Å². The number of hydrogen-bond acceptors (Lipinski definition) is 3. The maximum Gasteiger partial charge on any atom is 0.331 e.